The molecule has 1 rings (SSSR count). The number of ether oxygens (including phenoxy) is 1. The molecule has 108 valence electrons. The van der Waals surface area contributed by atoms with Crippen LogP contribution in [0, 0.1) is 0 Å². The largest absolute Gasteiger partial charge is 0.381 e. The Morgan fingerprint density at radius 3 is 2.50 bits per heavy atom. The maximum Gasteiger partial charge on any atom is 0.191 e. The van der Waals surface area contributed by atoms with Gasteiger partial charge in [0.05, 0.1) is 0 Å². The van der Waals surface area contributed by atoms with Crippen molar-refractivity contribution in [2.45, 2.75) is 45.4 Å². The molecule has 0 aliphatic carbocycles. The Morgan fingerprint density at radius 2 is 1.83 bits per heavy atom. The van der Waals surface area contributed by atoms with Crippen molar-refractivity contribution in [3.8, 4) is 0 Å². The van der Waals surface area contributed by atoms with E-state index in [1.807, 2.05) is 0 Å². The number of rotatable bonds is 7. The summed E-state index contributed by atoms with van der Waals surface area (Å²) in [6, 6.07) is 0. The fourth-order valence-electron chi connectivity index (χ4n) is 1.93. The van der Waals surface area contributed by atoms with Crippen LogP contribution in [0.3, 0.4) is 0 Å². The highest BCUT2D eigenvalue weighted by Gasteiger charge is 2.11. The number of likely N-dealkylation sites (tertiary alicyclic amines) is 1. The highest BCUT2D eigenvalue weighted by atomic mass is 127. The van der Waals surface area contributed by atoms with Crippen molar-refractivity contribution in [3.05, 3.63) is 0 Å². The molecule has 0 aromatic carbocycles. The zero-order chi connectivity index (χ0) is 12.3. The molecule has 1 aliphatic heterocycles. The van der Waals surface area contributed by atoms with Crippen molar-refractivity contribution in [2.24, 2.45) is 10.7 Å². The second-order valence-electron chi connectivity index (χ2n) is 4.61. The van der Waals surface area contributed by atoms with Crippen LogP contribution in [0.15, 0.2) is 4.99 Å². The third-order valence-corrected chi connectivity index (χ3v) is 3.04. The minimum absolute atomic E-state index is 0. The quantitative estimate of drug-likeness (QED) is 0.325. The van der Waals surface area contributed by atoms with Crippen LogP contribution in [0.25, 0.3) is 0 Å². The molecule has 0 unspecified atom stereocenters. The average Bonchev–Trinajstić information content (AvgIpc) is 2.38. The van der Waals surface area contributed by atoms with Gasteiger partial charge in [-0.2, -0.15) is 0 Å². The SMILES string of the molecule is CCCCOCCCN=C(N)N1CCCCC1.I. The Morgan fingerprint density at radius 1 is 1.17 bits per heavy atom. The highest BCUT2D eigenvalue weighted by Crippen LogP contribution is 2.07. The molecular weight excluding hydrogens is 341 g/mol. The number of hydrogen-bond donors (Lipinski definition) is 1. The lowest BCUT2D eigenvalue weighted by molar-refractivity contribution is 0.130. The molecule has 0 spiro atoms. The first-order valence-electron chi connectivity index (χ1n) is 6.97. The average molecular weight is 369 g/mol. The second-order valence-corrected chi connectivity index (χ2v) is 4.61. The van der Waals surface area contributed by atoms with Crippen LogP contribution < -0.4 is 5.73 Å². The zero-order valence-electron chi connectivity index (χ0n) is 11.6. The van der Waals surface area contributed by atoms with E-state index in [0.717, 1.165) is 51.6 Å². The van der Waals surface area contributed by atoms with E-state index < -0.39 is 0 Å². The summed E-state index contributed by atoms with van der Waals surface area (Å²) in [6.07, 6.45) is 7.14. The summed E-state index contributed by atoms with van der Waals surface area (Å²) in [5.41, 5.74) is 5.95. The van der Waals surface area contributed by atoms with E-state index in [1.165, 1.54) is 25.7 Å². The van der Waals surface area contributed by atoms with Gasteiger partial charge in [-0.05, 0) is 32.1 Å². The van der Waals surface area contributed by atoms with Crippen LogP contribution in [0.5, 0.6) is 0 Å². The maximum absolute atomic E-state index is 5.95. The molecule has 4 nitrogen and oxygen atoms in total. The fraction of sp³-hybridized carbons (Fsp3) is 0.923. The third-order valence-electron chi connectivity index (χ3n) is 3.04. The van der Waals surface area contributed by atoms with Crippen LogP contribution >= 0.6 is 24.0 Å². The number of unbranched alkanes of at least 4 members (excludes halogenated alkanes) is 1. The molecule has 0 atom stereocenters. The third kappa shape index (κ3) is 8.13. The van der Waals surface area contributed by atoms with E-state index in [9.17, 15) is 0 Å². The standard InChI is InChI=1S/C13H27N3O.HI/c1-2-3-11-17-12-7-8-15-13(14)16-9-5-4-6-10-16;/h2-12H2,1H3,(H2,14,15);1H. The summed E-state index contributed by atoms with van der Waals surface area (Å²) in [5.74, 6) is 0.721. The maximum atomic E-state index is 5.95. The van der Waals surface area contributed by atoms with Gasteiger partial charge in [-0.1, -0.05) is 13.3 Å². The monoisotopic (exact) mass is 369 g/mol. The first-order chi connectivity index (χ1) is 8.34. The predicted molar refractivity (Wildman–Crippen MR) is 87.7 cm³/mol. The van der Waals surface area contributed by atoms with Crippen molar-refractivity contribution in [3.63, 3.8) is 0 Å². The van der Waals surface area contributed by atoms with Crippen LogP contribution in [0.4, 0.5) is 0 Å². The highest BCUT2D eigenvalue weighted by molar-refractivity contribution is 14.0. The van der Waals surface area contributed by atoms with Gasteiger partial charge in [0.2, 0.25) is 0 Å². The molecule has 2 N–H and O–H groups in total. The molecular formula is C13H28IN3O. The van der Waals surface area contributed by atoms with E-state index in [4.69, 9.17) is 10.5 Å². The van der Waals surface area contributed by atoms with Crippen molar-refractivity contribution < 1.29 is 4.74 Å². The van der Waals surface area contributed by atoms with Crippen LogP contribution in [-0.2, 0) is 4.74 Å². The molecule has 0 aromatic rings. The summed E-state index contributed by atoms with van der Waals surface area (Å²) in [4.78, 5) is 6.60. The van der Waals surface area contributed by atoms with Gasteiger partial charge in [0.1, 0.15) is 0 Å². The summed E-state index contributed by atoms with van der Waals surface area (Å²) in [7, 11) is 0. The van der Waals surface area contributed by atoms with Gasteiger partial charge in [0.15, 0.2) is 5.96 Å². The molecule has 0 aromatic heterocycles. The molecule has 0 saturated carbocycles. The first-order valence-corrected chi connectivity index (χ1v) is 6.97. The molecule has 0 amide bonds. The van der Waals surface area contributed by atoms with E-state index in [2.05, 4.69) is 16.8 Å². The van der Waals surface area contributed by atoms with Crippen molar-refractivity contribution in [1.29, 1.82) is 0 Å². The van der Waals surface area contributed by atoms with Gasteiger partial charge in [0, 0.05) is 32.8 Å². The van der Waals surface area contributed by atoms with Crippen LogP contribution in [0.2, 0.25) is 0 Å². The number of hydrogen-bond acceptors (Lipinski definition) is 2. The molecule has 1 aliphatic rings. The van der Waals surface area contributed by atoms with E-state index in [1.54, 1.807) is 0 Å². The number of aliphatic imine (C=N–C) groups is 1. The molecule has 5 heteroatoms. The van der Waals surface area contributed by atoms with Gasteiger partial charge in [-0.3, -0.25) is 4.99 Å². The second kappa shape index (κ2) is 12.0. The topological polar surface area (TPSA) is 50.9 Å². The van der Waals surface area contributed by atoms with Gasteiger partial charge in [0.25, 0.3) is 0 Å². The zero-order valence-corrected chi connectivity index (χ0v) is 13.9. The van der Waals surface area contributed by atoms with Gasteiger partial charge < -0.3 is 15.4 Å². The number of nitrogens with zero attached hydrogens (tertiary/aromatic N) is 2. The van der Waals surface area contributed by atoms with Crippen molar-refractivity contribution in [1.82, 2.24) is 4.90 Å². The Bertz CT molecular complexity index is 218. The Balaban J connectivity index is 0.00000289. The summed E-state index contributed by atoms with van der Waals surface area (Å²) >= 11 is 0. The lowest BCUT2D eigenvalue weighted by atomic mass is 10.1. The van der Waals surface area contributed by atoms with E-state index in [0.29, 0.717) is 0 Å². The minimum atomic E-state index is 0. The van der Waals surface area contributed by atoms with Gasteiger partial charge >= 0.3 is 0 Å². The fourth-order valence-corrected chi connectivity index (χ4v) is 1.93. The lowest BCUT2D eigenvalue weighted by Crippen LogP contribution is -2.40. The molecule has 1 saturated heterocycles. The molecule has 1 heterocycles. The van der Waals surface area contributed by atoms with E-state index >= 15 is 0 Å². The number of piperidine rings is 1. The van der Waals surface area contributed by atoms with Crippen LogP contribution in [-0.4, -0.2) is 43.7 Å². The predicted octanol–water partition coefficient (Wildman–Crippen LogP) is 2.61. The summed E-state index contributed by atoms with van der Waals surface area (Å²) in [5, 5.41) is 0. The number of guanidine groups is 1. The normalized spacial score (nSPS) is 16.5. The molecule has 1 fully saturated rings. The van der Waals surface area contributed by atoms with Gasteiger partial charge in [-0.25, -0.2) is 0 Å². The van der Waals surface area contributed by atoms with E-state index in [-0.39, 0.29) is 24.0 Å². The Kier molecular flexibility index (Phi) is 12.0. The summed E-state index contributed by atoms with van der Waals surface area (Å²) in [6.45, 7) is 6.78. The summed E-state index contributed by atoms with van der Waals surface area (Å²) < 4.78 is 5.48. The van der Waals surface area contributed by atoms with Crippen molar-refractivity contribution in [2.75, 3.05) is 32.8 Å². The van der Waals surface area contributed by atoms with Crippen molar-refractivity contribution >= 4 is 29.9 Å². The smallest absolute Gasteiger partial charge is 0.191 e. The molecule has 0 bridgehead atoms. The van der Waals surface area contributed by atoms with Gasteiger partial charge in [-0.15, -0.1) is 24.0 Å². The molecule has 18 heavy (non-hydrogen) atoms. The molecule has 0 radical (unpaired) electrons. The number of halogens is 1. The lowest BCUT2D eigenvalue weighted by Gasteiger charge is -2.27. The number of nitrogens with two attached hydrogens (primary N) is 1. The van der Waals surface area contributed by atoms with Crippen LogP contribution in [0.1, 0.15) is 45.4 Å². The Hall–Kier alpha value is -0.0400. The minimum Gasteiger partial charge on any atom is -0.381 e. The first kappa shape index (κ1) is 18.0. The Labute approximate surface area is 128 Å².